The van der Waals surface area contributed by atoms with Gasteiger partial charge in [-0.15, -0.1) is 0 Å². The van der Waals surface area contributed by atoms with Crippen molar-refractivity contribution in [3.05, 3.63) is 36.5 Å². The van der Waals surface area contributed by atoms with Gasteiger partial charge < -0.3 is 35.4 Å². The number of allylic oxidation sites excluding steroid dienone is 5. The fourth-order valence-electron chi connectivity index (χ4n) is 5.40. The van der Waals surface area contributed by atoms with Gasteiger partial charge in [-0.1, -0.05) is 134 Å². The molecule has 3 unspecified atom stereocenters. The zero-order chi connectivity index (χ0) is 41.0. The highest BCUT2D eigenvalue weighted by molar-refractivity contribution is 7.47. The molecule has 0 aromatic heterocycles. The first kappa shape index (κ1) is 52.6. The first-order valence-electron chi connectivity index (χ1n) is 20.7. The largest absolute Gasteiger partial charge is 0.480 e. The molecule has 0 aliphatic carbocycles. The van der Waals surface area contributed by atoms with Gasteiger partial charge >= 0.3 is 25.7 Å². The maximum atomic E-state index is 12.6. The van der Waals surface area contributed by atoms with Crippen LogP contribution in [0, 0.1) is 0 Å². The van der Waals surface area contributed by atoms with Crippen molar-refractivity contribution in [3.8, 4) is 0 Å². The Morgan fingerprint density at radius 3 is 1.75 bits per heavy atom. The van der Waals surface area contributed by atoms with Crippen LogP contribution in [-0.2, 0) is 37.5 Å². The molecule has 13 nitrogen and oxygen atoms in total. The van der Waals surface area contributed by atoms with Crippen LogP contribution < -0.4 is 5.73 Å². The van der Waals surface area contributed by atoms with Crippen LogP contribution in [0.5, 0.6) is 0 Å². The minimum Gasteiger partial charge on any atom is -0.480 e. The molecule has 0 saturated carbocycles. The monoisotopic (exact) mass is 803 g/mol. The molecule has 0 aliphatic heterocycles. The molecule has 0 heterocycles. The molecular formula is C41H74NO12P. The van der Waals surface area contributed by atoms with Crippen LogP contribution in [0.2, 0.25) is 0 Å². The number of nitrogens with two attached hydrogens (primary N) is 1. The Morgan fingerprint density at radius 2 is 1.15 bits per heavy atom. The molecule has 14 heteroatoms. The quantitative estimate of drug-likeness (QED) is 0.0172. The lowest BCUT2D eigenvalue weighted by molar-refractivity contribution is -0.161. The van der Waals surface area contributed by atoms with Crippen LogP contribution in [0.3, 0.4) is 0 Å². The number of carboxylic acid groups (broad SMARTS) is 1. The number of carbonyl (C=O) groups is 3. The van der Waals surface area contributed by atoms with Gasteiger partial charge in [-0.2, -0.15) is 0 Å². The number of phosphoric ester groups is 1. The number of carbonyl (C=O) groups excluding carboxylic acids is 2. The van der Waals surface area contributed by atoms with E-state index >= 15 is 0 Å². The molecule has 6 N–H and O–H groups in total. The number of ether oxygens (including phenoxy) is 2. The number of carboxylic acids is 1. The minimum atomic E-state index is -4.78. The Morgan fingerprint density at radius 1 is 0.636 bits per heavy atom. The maximum absolute atomic E-state index is 12.6. The highest BCUT2D eigenvalue weighted by atomic mass is 31.2. The van der Waals surface area contributed by atoms with Crippen LogP contribution in [-0.4, -0.2) is 82.3 Å². The summed E-state index contributed by atoms with van der Waals surface area (Å²) in [6.07, 6.45) is 29.6. The molecule has 320 valence electrons. The molecule has 0 radical (unpaired) electrons. The Hall–Kier alpha value is -2.38. The van der Waals surface area contributed by atoms with E-state index in [0.717, 1.165) is 44.9 Å². The Balaban J connectivity index is 4.63. The summed E-state index contributed by atoms with van der Waals surface area (Å²) in [7, 11) is -4.78. The molecular weight excluding hydrogens is 729 g/mol. The fraction of sp³-hybridized carbons (Fsp3) is 0.780. The molecule has 5 atom stereocenters. The number of aliphatic hydroxyl groups is 2. The first-order chi connectivity index (χ1) is 26.4. The summed E-state index contributed by atoms with van der Waals surface area (Å²) < 4.78 is 32.4. The van der Waals surface area contributed by atoms with Crippen LogP contribution in [0.4, 0.5) is 0 Å². The molecule has 0 aliphatic rings. The van der Waals surface area contributed by atoms with Crippen molar-refractivity contribution < 1.29 is 57.7 Å². The average molecular weight is 804 g/mol. The third-order valence-corrected chi connectivity index (χ3v) is 9.79. The van der Waals surface area contributed by atoms with E-state index < -0.39 is 69.9 Å². The van der Waals surface area contributed by atoms with Crippen LogP contribution in [0.15, 0.2) is 36.5 Å². The summed E-state index contributed by atoms with van der Waals surface area (Å²) in [5.74, 6) is -2.70. The third-order valence-electron chi connectivity index (χ3n) is 8.84. The third kappa shape index (κ3) is 34.6. The minimum absolute atomic E-state index is 0.0907. The molecule has 0 bridgehead atoms. The number of unbranched alkanes of at least 4 members (excludes halogenated alkanes) is 14. The van der Waals surface area contributed by atoms with Crippen molar-refractivity contribution in [1.29, 1.82) is 0 Å². The lowest BCUT2D eigenvalue weighted by Gasteiger charge is -2.20. The van der Waals surface area contributed by atoms with Crippen LogP contribution >= 0.6 is 7.82 Å². The SMILES string of the molecule is CCCCC/C=C\C/C=C\C/C=C\CC(O)C(O)CCCC(=O)OC[C@H](COP(=O)(O)OC[C@H](N)C(=O)O)OC(=O)CCCCCCCCCCCCCC. The van der Waals surface area contributed by atoms with Gasteiger partial charge in [-0.3, -0.25) is 23.4 Å². The van der Waals surface area contributed by atoms with E-state index in [1.807, 2.05) is 18.2 Å². The zero-order valence-corrected chi connectivity index (χ0v) is 34.6. The highest BCUT2D eigenvalue weighted by Gasteiger charge is 2.28. The van der Waals surface area contributed by atoms with Crippen molar-refractivity contribution in [1.82, 2.24) is 0 Å². The van der Waals surface area contributed by atoms with Gasteiger partial charge in [-0.25, -0.2) is 4.57 Å². The van der Waals surface area contributed by atoms with E-state index in [1.165, 1.54) is 64.2 Å². The predicted molar refractivity (Wildman–Crippen MR) is 215 cm³/mol. The Kier molecular flexibility index (Phi) is 34.4. The zero-order valence-electron chi connectivity index (χ0n) is 33.7. The summed E-state index contributed by atoms with van der Waals surface area (Å²) in [5, 5.41) is 29.5. The standard InChI is InChI=1S/C41H74NO12P/c1-3-5-7-9-11-13-15-17-19-21-23-25-28-37(43)38(44)29-27-31-39(45)51-32-35(33-52-55(49,50)53-34-36(42)41(47)48)54-40(46)30-26-24-22-20-18-16-14-12-10-8-6-4-2/h11,13,17,19,23,25,35-38,43-44H,3-10,12,14-16,18,20-22,24,26-34,42H2,1-2H3,(H,47,48)(H,49,50)/b13-11-,19-17-,25-23-/t35-,36+,37?,38?/m1/s1. The number of phosphoric acid groups is 1. The van der Waals surface area contributed by atoms with Gasteiger partial charge in [0.2, 0.25) is 0 Å². The second kappa shape index (κ2) is 36.0. The number of hydrogen-bond acceptors (Lipinski definition) is 11. The summed E-state index contributed by atoms with van der Waals surface area (Å²) in [4.78, 5) is 45.9. The maximum Gasteiger partial charge on any atom is 0.472 e. The highest BCUT2D eigenvalue weighted by Crippen LogP contribution is 2.43. The molecule has 0 fully saturated rings. The van der Waals surface area contributed by atoms with E-state index in [-0.39, 0.29) is 32.1 Å². The van der Waals surface area contributed by atoms with Crippen molar-refractivity contribution in [3.63, 3.8) is 0 Å². The first-order valence-corrected chi connectivity index (χ1v) is 22.2. The number of esters is 2. The second-order valence-electron chi connectivity index (χ2n) is 14.1. The van der Waals surface area contributed by atoms with Crippen molar-refractivity contribution in [2.24, 2.45) is 5.73 Å². The molecule has 0 aromatic rings. The van der Waals surface area contributed by atoms with Gasteiger partial charge in [0.05, 0.1) is 25.4 Å². The van der Waals surface area contributed by atoms with Crippen LogP contribution in [0.1, 0.15) is 162 Å². The number of aliphatic carboxylic acids is 1. The van der Waals surface area contributed by atoms with Gasteiger partial charge in [0.1, 0.15) is 12.6 Å². The molecule has 0 aromatic carbocycles. The summed E-state index contributed by atoms with van der Waals surface area (Å²) >= 11 is 0. The summed E-state index contributed by atoms with van der Waals surface area (Å²) in [5.41, 5.74) is 5.31. The Labute approximate surface area is 330 Å². The topological polar surface area (TPSA) is 212 Å². The number of rotatable bonds is 38. The number of hydrogen-bond donors (Lipinski definition) is 5. The number of aliphatic hydroxyl groups excluding tert-OH is 2. The van der Waals surface area contributed by atoms with Gasteiger partial charge in [0.15, 0.2) is 6.10 Å². The molecule has 55 heavy (non-hydrogen) atoms. The van der Waals surface area contributed by atoms with E-state index in [1.54, 1.807) is 0 Å². The van der Waals surface area contributed by atoms with E-state index in [9.17, 15) is 34.1 Å². The summed E-state index contributed by atoms with van der Waals surface area (Å²) in [6.45, 7) is 2.46. The molecule has 0 amide bonds. The van der Waals surface area contributed by atoms with Crippen molar-refractivity contribution in [2.75, 3.05) is 19.8 Å². The van der Waals surface area contributed by atoms with E-state index in [2.05, 4.69) is 36.6 Å². The molecule has 0 saturated heterocycles. The molecule has 0 rings (SSSR count). The lowest BCUT2D eigenvalue weighted by Crippen LogP contribution is -2.34. The fourth-order valence-corrected chi connectivity index (χ4v) is 6.18. The normalized spacial score (nSPS) is 15.3. The smallest absolute Gasteiger partial charge is 0.472 e. The van der Waals surface area contributed by atoms with Gasteiger partial charge in [0.25, 0.3) is 0 Å². The summed E-state index contributed by atoms with van der Waals surface area (Å²) in [6, 6.07) is -1.56. The second-order valence-corrected chi connectivity index (χ2v) is 15.5. The van der Waals surface area contributed by atoms with Crippen LogP contribution in [0.25, 0.3) is 0 Å². The Bertz CT molecular complexity index is 1110. The molecule has 0 spiro atoms. The lowest BCUT2D eigenvalue weighted by atomic mass is 10.0. The van der Waals surface area contributed by atoms with E-state index in [0.29, 0.717) is 6.42 Å². The van der Waals surface area contributed by atoms with E-state index in [4.69, 9.17) is 24.8 Å². The average Bonchev–Trinajstić information content (AvgIpc) is 3.15. The predicted octanol–water partition coefficient (Wildman–Crippen LogP) is 8.39. The van der Waals surface area contributed by atoms with Crippen molar-refractivity contribution >= 4 is 25.7 Å². The van der Waals surface area contributed by atoms with Gasteiger partial charge in [0, 0.05) is 12.8 Å². The van der Waals surface area contributed by atoms with Crippen molar-refractivity contribution in [2.45, 2.75) is 186 Å². The van der Waals surface area contributed by atoms with Gasteiger partial charge in [-0.05, 0) is 51.4 Å².